The molecule has 0 radical (unpaired) electrons. The molecule has 0 heterocycles. The van der Waals surface area contributed by atoms with E-state index in [1.54, 1.807) is 12.1 Å². The lowest BCUT2D eigenvalue weighted by molar-refractivity contribution is -0.135. The Kier molecular flexibility index (Phi) is 5.10. The normalized spacial score (nSPS) is 9.95. The van der Waals surface area contributed by atoms with Crippen molar-refractivity contribution in [2.45, 2.75) is 13.3 Å². The molecule has 21 heavy (non-hydrogen) atoms. The molecule has 0 aliphatic rings. The standard InChI is InChI=1S/C17H17NO3/c1-13-7-5-6-10-15(13)21-17(20)12-18-16(19)11-14-8-3-2-4-9-14/h2-10H,11-12H2,1H3,(H,18,19). The number of nitrogens with one attached hydrogen (secondary N) is 1. The number of carbonyl (C=O) groups is 2. The minimum Gasteiger partial charge on any atom is -0.425 e. The third kappa shape index (κ3) is 4.76. The summed E-state index contributed by atoms with van der Waals surface area (Å²) in [6, 6.07) is 16.6. The zero-order valence-corrected chi connectivity index (χ0v) is 11.8. The largest absolute Gasteiger partial charge is 0.425 e. The minimum atomic E-state index is -0.481. The van der Waals surface area contributed by atoms with Crippen molar-refractivity contribution in [2.75, 3.05) is 6.54 Å². The summed E-state index contributed by atoms with van der Waals surface area (Å²) >= 11 is 0. The Hall–Kier alpha value is -2.62. The van der Waals surface area contributed by atoms with Crippen molar-refractivity contribution in [3.63, 3.8) is 0 Å². The van der Waals surface area contributed by atoms with Gasteiger partial charge in [0, 0.05) is 0 Å². The van der Waals surface area contributed by atoms with E-state index in [0.717, 1.165) is 11.1 Å². The van der Waals surface area contributed by atoms with E-state index in [4.69, 9.17) is 4.74 Å². The molecule has 2 rings (SSSR count). The molecule has 0 saturated heterocycles. The van der Waals surface area contributed by atoms with E-state index in [-0.39, 0.29) is 18.9 Å². The Morgan fingerprint density at radius 3 is 2.38 bits per heavy atom. The summed E-state index contributed by atoms with van der Waals surface area (Å²) in [7, 11) is 0. The fourth-order valence-electron chi connectivity index (χ4n) is 1.84. The van der Waals surface area contributed by atoms with Crippen molar-refractivity contribution in [3.05, 3.63) is 65.7 Å². The summed E-state index contributed by atoms with van der Waals surface area (Å²) in [6.45, 7) is 1.72. The Balaban J connectivity index is 1.79. The summed E-state index contributed by atoms with van der Waals surface area (Å²) in [5, 5.41) is 2.56. The van der Waals surface area contributed by atoms with Crippen LogP contribution in [-0.2, 0) is 16.0 Å². The lowest BCUT2D eigenvalue weighted by Crippen LogP contribution is -2.33. The van der Waals surface area contributed by atoms with Crippen LogP contribution in [0.4, 0.5) is 0 Å². The second-order valence-corrected chi connectivity index (χ2v) is 4.68. The maximum Gasteiger partial charge on any atom is 0.330 e. The van der Waals surface area contributed by atoms with Crippen LogP contribution in [0.2, 0.25) is 0 Å². The van der Waals surface area contributed by atoms with Gasteiger partial charge in [0.25, 0.3) is 0 Å². The molecular weight excluding hydrogens is 266 g/mol. The van der Waals surface area contributed by atoms with Crippen LogP contribution in [0.5, 0.6) is 5.75 Å². The molecule has 0 atom stereocenters. The highest BCUT2D eigenvalue weighted by molar-refractivity contribution is 5.84. The van der Waals surface area contributed by atoms with Gasteiger partial charge in [0.05, 0.1) is 6.42 Å². The number of rotatable bonds is 5. The molecule has 4 nitrogen and oxygen atoms in total. The van der Waals surface area contributed by atoms with Crippen LogP contribution < -0.4 is 10.1 Å². The molecule has 108 valence electrons. The molecule has 0 aromatic heterocycles. The number of carbonyl (C=O) groups excluding carboxylic acids is 2. The smallest absolute Gasteiger partial charge is 0.330 e. The van der Waals surface area contributed by atoms with Crippen LogP contribution >= 0.6 is 0 Å². The zero-order valence-electron chi connectivity index (χ0n) is 11.8. The Morgan fingerprint density at radius 2 is 1.67 bits per heavy atom. The first kappa shape index (κ1) is 14.8. The maximum atomic E-state index is 11.7. The zero-order chi connectivity index (χ0) is 15.1. The number of hydrogen-bond acceptors (Lipinski definition) is 3. The Labute approximate surface area is 123 Å². The van der Waals surface area contributed by atoms with Gasteiger partial charge in [0.2, 0.25) is 5.91 Å². The highest BCUT2D eigenvalue weighted by atomic mass is 16.5. The van der Waals surface area contributed by atoms with Gasteiger partial charge in [-0.05, 0) is 24.1 Å². The number of esters is 1. The number of ether oxygens (including phenoxy) is 1. The monoisotopic (exact) mass is 283 g/mol. The van der Waals surface area contributed by atoms with Gasteiger partial charge in [0.15, 0.2) is 0 Å². The van der Waals surface area contributed by atoms with Gasteiger partial charge in [-0.15, -0.1) is 0 Å². The lowest BCUT2D eigenvalue weighted by Gasteiger charge is -2.08. The number of para-hydroxylation sites is 1. The average Bonchev–Trinajstić information content (AvgIpc) is 2.49. The van der Waals surface area contributed by atoms with Crippen LogP contribution in [0.15, 0.2) is 54.6 Å². The average molecular weight is 283 g/mol. The quantitative estimate of drug-likeness (QED) is 0.676. The van der Waals surface area contributed by atoms with Crippen LogP contribution in [0.1, 0.15) is 11.1 Å². The third-order valence-electron chi connectivity index (χ3n) is 2.95. The molecule has 0 bridgehead atoms. The SMILES string of the molecule is Cc1ccccc1OC(=O)CNC(=O)Cc1ccccc1. The van der Waals surface area contributed by atoms with E-state index in [1.165, 1.54) is 0 Å². The molecule has 4 heteroatoms. The van der Waals surface area contributed by atoms with Crippen molar-refractivity contribution in [3.8, 4) is 5.75 Å². The van der Waals surface area contributed by atoms with E-state index >= 15 is 0 Å². The van der Waals surface area contributed by atoms with Gasteiger partial charge in [-0.1, -0.05) is 48.5 Å². The molecule has 2 aromatic carbocycles. The van der Waals surface area contributed by atoms with E-state index in [2.05, 4.69) is 5.32 Å². The highest BCUT2D eigenvalue weighted by Gasteiger charge is 2.09. The summed E-state index contributed by atoms with van der Waals surface area (Å²) in [5.74, 6) is -0.173. The summed E-state index contributed by atoms with van der Waals surface area (Å²) in [6.07, 6.45) is 0.248. The summed E-state index contributed by atoms with van der Waals surface area (Å²) in [5.41, 5.74) is 1.78. The third-order valence-corrected chi connectivity index (χ3v) is 2.95. The Morgan fingerprint density at radius 1 is 1.00 bits per heavy atom. The molecule has 0 spiro atoms. The predicted molar refractivity (Wildman–Crippen MR) is 80.0 cm³/mol. The molecule has 2 aromatic rings. The molecule has 1 amide bonds. The summed E-state index contributed by atoms with van der Waals surface area (Å²) in [4.78, 5) is 23.4. The van der Waals surface area contributed by atoms with Crippen LogP contribution in [0.25, 0.3) is 0 Å². The number of amides is 1. The van der Waals surface area contributed by atoms with E-state index in [9.17, 15) is 9.59 Å². The lowest BCUT2D eigenvalue weighted by atomic mass is 10.1. The second kappa shape index (κ2) is 7.24. The van der Waals surface area contributed by atoms with E-state index in [0.29, 0.717) is 5.75 Å². The van der Waals surface area contributed by atoms with Crippen molar-refractivity contribution >= 4 is 11.9 Å². The van der Waals surface area contributed by atoms with Crippen molar-refractivity contribution in [2.24, 2.45) is 0 Å². The van der Waals surface area contributed by atoms with E-state index in [1.807, 2.05) is 49.4 Å². The van der Waals surface area contributed by atoms with E-state index < -0.39 is 5.97 Å². The first-order chi connectivity index (χ1) is 10.1. The molecule has 1 N–H and O–H groups in total. The van der Waals surface area contributed by atoms with Crippen LogP contribution in [0, 0.1) is 6.92 Å². The fourth-order valence-corrected chi connectivity index (χ4v) is 1.84. The Bertz CT molecular complexity index is 623. The maximum absolute atomic E-state index is 11.7. The van der Waals surface area contributed by atoms with Crippen molar-refractivity contribution < 1.29 is 14.3 Å². The molecule has 0 fully saturated rings. The topological polar surface area (TPSA) is 55.4 Å². The van der Waals surface area contributed by atoms with Crippen molar-refractivity contribution in [1.82, 2.24) is 5.32 Å². The highest BCUT2D eigenvalue weighted by Crippen LogP contribution is 2.15. The minimum absolute atomic E-state index is 0.139. The summed E-state index contributed by atoms with van der Waals surface area (Å²) < 4.78 is 5.19. The van der Waals surface area contributed by atoms with Gasteiger partial charge < -0.3 is 10.1 Å². The van der Waals surface area contributed by atoms with Crippen LogP contribution in [-0.4, -0.2) is 18.4 Å². The molecule has 0 saturated carbocycles. The van der Waals surface area contributed by atoms with Gasteiger partial charge in [-0.25, -0.2) is 4.79 Å². The first-order valence-corrected chi connectivity index (χ1v) is 6.72. The van der Waals surface area contributed by atoms with Crippen LogP contribution in [0.3, 0.4) is 0 Å². The van der Waals surface area contributed by atoms with Crippen molar-refractivity contribution in [1.29, 1.82) is 0 Å². The predicted octanol–water partition coefficient (Wildman–Crippen LogP) is 2.26. The number of aryl methyl sites for hydroxylation is 1. The molecule has 0 aliphatic heterocycles. The number of benzene rings is 2. The number of hydrogen-bond donors (Lipinski definition) is 1. The van der Waals surface area contributed by atoms with Gasteiger partial charge >= 0.3 is 5.97 Å². The molecule has 0 unspecified atom stereocenters. The van der Waals surface area contributed by atoms with Gasteiger partial charge in [0.1, 0.15) is 12.3 Å². The van der Waals surface area contributed by atoms with Gasteiger partial charge in [-0.3, -0.25) is 4.79 Å². The molecule has 0 aliphatic carbocycles. The van der Waals surface area contributed by atoms with Gasteiger partial charge in [-0.2, -0.15) is 0 Å². The fraction of sp³-hybridized carbons (Fsp3) is 0.176. The second-order valence-electron chi connectivity index (χ2n) is 4.68. The first-order valence-electron chi connectivity index (χ1n) is 6.72. The molecular formula is C17H17NO3.